The molecule has 3 heteroatoms. The number of ether oxygens (including phenoxy) is 1. The normalized spacial score (nSPS) is 27.1. The lowest BCUT2D eigenvalue weighted by atomic mass is 9.87. The summed E-state index contributed by atoms with van der Waals surface area (Å²) >= 11 is 0. The molecule has 1 N–H and O–H groups in total. The van der Waals surface area contributed by atoms with Gasteiger partial charge in [-0.05, 0) is 38.0 Å². The van der Waals surface area contributed by atoms with Crippen LogP contribution in [0.5, 0.6) is 0 Å². The summed E-state index contributed by atoms with van der Waals surface area (Å²) in [4.78, 5) is 0. The first kappa shape index (κ1) is 12.9. The lowest BCUT2D eigenvalue weighted by Gasteiger charge is -2.25. The van der Waals surface area contributed by atoms with E-state index in [1.54, 1.807) is 0 Å². The second-order valence-electron chi connectivity index (χ2n) is 5.53. The molecule has 0 spiro atoms. The van der Waals surface area contributed by atoms with Crippen LogP contribution in [-0.2, 0) is 4.74 Å². The minimum Gasteiger partial charge on any atom is -0.411 e. The first-order valence-corrected chi connectivity index (χ1v) is 7.20. The Kier molecular flexibility index (Phi) is 5.30. The van der Waals surface area contributed by atoms with Crippen molar-refractivity contribution in [3.05, 3.63) is 0 Å². The molecule has 2 aliphatic carbocycles. The Labute approximate surface area is 104 Å². The zero-order chi connectivity index (χ0) is 11.9. The molecule has 0 aromatic heterocycles. The van der Waals surface area contributed by atoms with Gasteiger partial charge < -0.3 is 9.94 Å². The highest BCUT2D eigenvalue weighted by atomic mass is 16.5. The maximum atomic E-state index is 8.67. The van der Waals surface area contributed by atoms with E-state index in [1.807, 2.05) is 0 Å². The Hall–Kier alpha value is -0.570. The van der Waals surface area contributed by atoms with Crippen molar-refractivity contribution in [1.82, 2.24) is 0 Å². The van der Waals surface area contributed by atoms with Crippen LogP contribution in [0.25, 0.3) is 0 Å². The van der Waals surface area contributed by atoms with Gasteiger partial charge in [-0.1, -0.05) is 37.3 Å². The van der Waals surface area contributed by atoms with E-state index in [4.69, 9.17) is 9.94 Å². The van der Waals surface area contributed by atoms with E-state index in [0.29, 0.717) is 6.10 Å². The topological polar surface area (TPSA) is 41.8 Å². The number of rotatable bonds is 4. The summed E-state index contributed by atoms with van der Waals surface area (Å²) < 4.78 is 5.94. The van der Waals surface area contributed by atoms with E-state index in [-0.39, 0.29) is 0 Å². The van der Waals surface area contributed by atoms with Gasteiger partial charge in [0.2, 0.25) is 0 Å². The van der Waals surface area contributed by atoms with Gasteiger partial charge in [0.15, 0.2) is 0 Å². The lowest BCUT2D eigenvalue weighted by molar-refractivity contribution is 0.0295. The molecule has 2 rings (SSSR count). The van der Waals surface area contributed by atoms with Crippen LogP contribution in [0.3, 0.4) is 0 Å². The highest BCUT2D eigenvalue weighted by Crippen LogP contribution is 2.27. The van der Waals surface area contributed by atoms with E-state index in [2.05, 4.69) is 5.16 Å². The maximum Gasteiger partial charge on any atom is 0.0582 e. The molecule has 0 unspecified atom stereocenters. The van der Waals surface area contributed by atoms with Crippen molar-refractivity contribution < 1.29 is 9.94 Å². The summed E-state index contributed by atoms with van der Waals surface area (Å²) in [6.07, 6.45) is 12.6. The first-order valence-electron chi connectivity index (χ1n) is 7.20. The Morgan fingerprint density at radius 3 is 2.41 bits per heavy atom. The third-order valence-electron chi connectivity index (χ3n) is 4.26. The fraction of sp³-hybridized carbons (Fsp3) is 0.929. The number of oxime groups is 1. The average molecular weight is 239 g/mol. The first-order chi connectivity index (χ1) is 8.38. The van der Waals surface area contributed by atoms with Gasteiger partial charge in [0, 0.05) is 6.61 Å². The van der Waals surface area contributed by atoms with Crippen molar-refractivity contribution in [2.45, 2.75) is 70.3 Å². The highest BCUT2D eigenvalue weighted by Gasteiger charge is 2.19. The molecule has 98 valence electrons. The molecule has 0 radical (unpaired) electrons. The molecule has 17 heavy (non-hydrogen) atoms. The third-order valence-corrected chi connectivity index (χ3v) is 4.26. The summed E-state index contributed by atoms with van der Waals surface area (Å²) in [5.41, 5.74) is 0.942. The van der Waals surface area contributed by atoms with E-state index >= 15 is 0 Å². The van der Waals surface area contributed by atoms with Gasteiger partial charge in [0.25, 0.3) is 0 Å². The molecule has 0 saturated heterocycles. The molecule has 0 aromatic rings. The monoisotopic (exact) mass is 239 g/mol. The quantitative estimate of drug-likeness (QED) is 0.599. The van der Waals surface area contributed by atoms with Crippen LogP contribution in [0.15, 0.2) is 5.16 Å². The standard InChI is InChI=1S/C14H25NO2/c16-15-13-6-8-14(9-7-13)17-11-10-12-4-2-1-3-5-12/h12,14,16H,1-11H2. The Morgan fingerprint density at radius 1 is 1.06 bits per heavy atom. The Bertz CT molecular complexity index is 237. The summed E-state index contributed by atoms with van der Waals surface area (Å²) in [6, 6.07) is 0. The fourth-order valence-corrected chi connectivity index (χ4v) is 3.07. The van der Waals surface area contributed by atoms with Crippen LogP contribution in [0.2, 0.25) is 0 Å². The van der Waals surface area contributed by atoms with Crippen molar-refractivity contribution in [3.63, 3.8) is 0 Å². The van der Waals surface area contributed by atoms with Gasteiger partial charge in [0.1, 0.15) is 0 Å². The van der Waals surface area contributed by atoms with Crippen molar-refractivity contribution in [1.29, 1.82) is 0 Å². The molecule has 2 aliphatic rings. The summed E-state index contributed by atoms with van der Waals surface area (Å²) in [6.45, 7) is 0.931. The van der Waals surface area contributed by atoms with Crippen LogP contribution in [0.1, 0.15) is 64.2 Å². The molecule has 0 aliphatic heterocycles. The SMILES string of the molecule is ON=C1CCC(OCCC2CCCCC2)CC1. The lowest BCUT2D eigenvalue weighted by Crippen LogP contribution is -2.23. The second-order valence-corrected chi connectivity index (χ2v) is 5.53. The van der Waals surface area contributed by atoms with Crippen LogP contribution in [0, 0.1) is 5.92 Å². The molecule has 2 saturated carbocycles. The van der Waals surface area contributed by atoms with Gasteiger partial charge in [-0.2, -0.15) is 0 Å². The number of hydrogen-bond donors (Lipinski definition) is 1. The van der Waals surface area contributed by atoms with Crippen LogP contribution < -0.4 is 0 Å². The minimum atomic E-state index is 0.407. The Morgan fingerprint density at radius 2 is 1.76 bits per heavy atom. The average Bonchev–Trinajstić information content (AvgIpc) is 2.41. The predicted octanol–water partition coefficient (Wildman–Crippen LogP) is 3.75. The second kappa shape index (κ2) is 7.00. The largest absolute Gasteiger partial charge is 0.411 e. The van der Waals surface area contributed by atoms with E-state index in [9.17, 15) is 0 Å². The third kappa shape index (κ3) is 4.30. The van der Waals surface area contributed by atoms with Crippen molar-refractivity contribution in [2.75, 3.05) is 6.61 Å². The van der Waals surface area contributed by atoms with Crippen LogP contribution in [-0.4, -0.2) is 23.6 Å². The van der Waals surface area contributed by atoms with E-state index in [0.717, 1.165) is 43.9 Å². The Balaban J connectivity index is 1.56. The van der Waals surface area contributed by atoms with Gasteiger partial charge in [-0.25, -0.2) is 0 Å². The zero-order valence-corrected chi connectivity index (χ0v) is 10.7. The zero-order valence-electron chi connectivity index (χ0n) is 10.7. The molecule has 0 aromatic carbocycles. The molecule has 3 nitrogen and oxygen atoms in total. The molecule has 0 bridgehead atoms. The van der Waals surface area contributed by atoms with Gasteiger partial charge in [0.05, 0.1) is 11.8 Å². The van der Waals surface area contributed by atoms with E-state index in [1.165, 1.54) is 38.5 Å². The van der Waals surface area contributed by atoms with Gasteiger partial charge in [-0.3, -0.25) is 0 Å². The smallest absolute Gasteiger partial charge is 0.0582 e. The van der Waals surface area contributed by atoms with Crippen LogP contribution in [0.4, 0.5) is 0 Å². The fourth-order valence-electron chi connectivity index (χ4n) is 3.07. The summed E-state index contributed by atoms with van der Waals surface area (Å²) in [5.74, 6) is 0.918. The van der Waals surface area contributed by atoms with Crippen molar-refractivity contribution in [2.24, 2.45) is 11.1 Å². The van der Waals surface area contributed by atoms with Crippen LogP contribution >= 0.6 is 0 Å². The highest BCUT2D eigenvalue weighted by molar-refractivity contribution is 5.84. The summed E-state index contributed by atoms with van der Waals surface area (Å²) in [5, 5.41) is 12.0. The molecular weight excluding hydrogens is 214 g/mol. The minimum absolute atomic E-state index is 0.407. The molecule has 0 amide bonds. The predicted molar refractivity (Wildman–Crippen MR) is 68.6 cm³/mol. The molecular formula is C14H25NO2. The molecule has 2 fully saturated rings. The van der Waals surface area contributed by atoms with Gasteiger partial charge >= 0.3 is 0 Å². The maximum absolute atomic E-state index is 8.67. The summed E-state index contributed by atoms with van der Waals surface area (Å²) in [7, 11) is 0. The van der Waals surface area contributed by atoms with Gasteiger partial charge in [-0.15, -0.1) is 0 Å². The van der Waals surface area contributed by atoms with Crippen molar-refractivity contribution >= 4 is 5.71 Å². The van der Waals surface area contributed by atoms with E-state index < -0.39 is 0 Å². The molecule has 0 heterocycles. The molecule has 0 atom stereocenters. The number of nitrogens with zero attached hydrogens (tertiary/aromatic N) is 1. The van der Waals surface area contributed by atoms with Crippen molar-refractivity contribution in [3.8, 4) is 0 Å². The number of hydrogen-bond acceptors (Lipinski definition) is 3.